The summed E-state index contributed by atoms with van der Waals surface area (Å²) in [5, 5.41) is 27.8. The van der Waals surface area contributed by atoms with Crippen LogP contribution in [-0.2, 0) is 0 Å². The third-order valence-electron chi connectivity index (χ3n) is 2.82. The lowest BCUT2D eigenvalue weighted by Gasteiger charge is -2.23. The lowest BCUT2D eigenvalue weighted by Crippen LogP contribution is -2.40. The van der Waals surface area contributed by atoms with Gasteiger partial charge in [-0.3, -0.25) is 4.90 Å². The maximum Gasteiger partial charge on any atom is 0.0988 e. The quantitative estimate of drug-likeness (QED) is 0.478. The van der Waals surface area contributed by atoms with E-state index in [1.165, 1.54) is 0 Å². The van der Waals surface area contributed by atoms with E-state index in [0.717, 1.165) is 12.8 Å². The van der Waals surface area contributed by atoms with Gasteiger partial charge in [-0.2, -0.15) is 0 Å². The first-order chi connectivity index (χ1) is 5.74. The highest BCUT2D eigenvalue weighted by Crippen LogP contribution is 2.33. The standard InChI is InChI=1S/C8H15NO3/c10-4-6-8(12)7(11)3-9(6)5-1-2-5/h5-8,10-12H,1-4H2/t6-,7-,8-/m0/s1. The SMILES string of the molecule is OC[C@H]1[C@H](O)[C@@H](O)CN1C1CC1. The molecule has 0 radical (unpaired) electrons. The molecular formula is C8H15NO3. The molecule has 1 heterocycles. The summed E-state index contributed by atoms with van der Waals surface area (Å²) in [5.41, 5.74) is 0. The van der Waals surface area contributed by atoms with Crippen LogP contribution in [0.3, 0.4) is 0 Å². The van der Waals surface area contributed by atoms with Gasteiger partial charge in [-0.25, -0.2) is 0 Å². The summed E-state index contributed by atoms with van der Waals surface area (Å²) in [5.74, 6) is 0. The summed E-state index contributed by atoms with van der Waals surface area (Å²) in [7, 11) is 0. The van der Waals surface area contributed by atoms with E-state index >= 15 is 0 Å². The van der Waals surface area contributed by atoms with Crippen LogP contribution in [0.5, 0.6) is 0 Å². The van der Waals surface area contributed by atoms with Crippen molar-refractivity contribution in [2.75, 3.05) is 13.2 Å². The molecule has 1 saturated carbocycles. The number of aliphatic hydroxyl groups excluding tert-OH is 3. The van der Waals surface area contributed by atoms with Gasteiger partial charge in [-0.15, -0.1) is 0 Å². The smallest absolute Gasteiger partial charge is 0.0988 e. The number of rotatable bonds is 2. The highest BCUT2D eigenvalue weighted by molar-refractivity contribution is 4.99. The van der Waals surface area contributed by atoms with E-state index in [1.807, 2.05) is 4.90 Å². The van der Waals surface area contributed by atoms with Crippen LogP contribution >= 0.6 is 0 Å². The van der Waals surface area contributed by atoms with Crippen molar-refractivity contribution in [2.45, 2.75) is 37.1 Å². The van der Waals surface area contributed by atoms with Gasteiger partial charge >= 0.3 is 0 Å². The Balaban J connectivity index is 2.03. The second-order valence-electron chi connectivity index (χ2n) is 3.74. The molecule has 3 N–H and O–H groups in total. The molecule has 0 spiro atoms. The zero-order chi connectivity index (χ0) is 8.72. The molecule has 70 valence electrons. The van der Waals surface area contributed by atoms with Crippen LogP contribution in [0.4, 0.5) is 0 Å². The fourth-order valence-electron chi connectivity index (χ4n) is 1.95. The minimum absolute atomic E-state index is 0.0608. The van der Waals surface area contributed by atoms with Crippen molar-refractivity contribution in [2.24, 2.45) is 0 Å². The molecule has 0 aromatic rings. The Kier molecular flexibility index (Phi) is 2.08. The molecule has 2 fully saturated rings. The molecule has 0 bridgehead atoms. The van der Waals surface area contributed by atoms with Crippen molar-refractivity contribution < 1.29 is 15.3 Å². The highest BCUT2D eigenvalue weighted by Gasteiger charge is 2.45. The normalized spacial score (nSPS) is 43.8. The molecular weight excluding hydrogens is 158 g/mol. The summed E-state index contributed by atoms with van der Waals surface area (Å²) >= 11 is 0. The predicted molar refractivity (Wildman–Crippen MR) is 42.6 cm³/mol. The maximum atomic E-state index is 9.45. The lowest BCUT2D eigenvalue weighted by molar-refractivity contribution is 0.0210. The van der Waals surface area contributed by atoms with E-state index in [0.29, 0.717) is 12.6 Å². The second-order valence-corrected chi connectivity index (χ2v) is 3.74. The Morgan fingerprint density at radius 3 is 2.42 bits per heavy atom. The molecule has 0 aromatic carbocycles. The van der Waals surface area contributed by atoms with Crippen LogP contribution < -0.4 is 0 Å². The summed E-state index contributed by atoms with van der Waals surface area (Å²) in [4.78, 5) is 2.02. The monoisotopic (exact) mass is 173 g/mol. The number of hydrogen-bond donors (Lipinski definition) is 3. The van der Waals surface area contributed by atoms with Gasteiger partial charge in [0.05, 0.1) is 24.9 Å². The van der Waals surface area contributed by atoms with Gasteiger partial charge in [-0.1, -0.05) is 0 Å². The zero-order valence-corrected chi connectivity index (χ0v) is 6.93. The van der Waals surface area contributed by atoms with Gasteiger partial charge in [0.2, 0.25) is 0 Å². The fraction of sp³-hybridized carbons (Fsp3) is 1.00. The first kappa shape index (κ1) is 8.44. The van der Waals surface area contributed by atoms with E-state index in [4.69, 9.17) is 5.11 Å². The van der Waals surface area contributed by atoms with Gasteiger partial charge in [0.1, 0.15) is 0 Å². The van der Waals surface area contributed by atoms with Crippen molar-refractivity contribution in [1.29, 1.82) is 0 Å². The number of hydrogen-bond acceptors (Lipinski definition) is 4. The van der Waals surface area contributed by atoms with Gasteiger partial charge in [0, 0.05) is 12.6 Å². The molecule has 1 saturated heterocycles. The van der Waals surface area contributed by atoms with Crippen LogP contribution in [0, 0.1) is 0 Å². The highest BCUT2D eigenvalue weighted by atomic mass is 16.3. The topological polar surface area (TPSA) is 63.9 Å². The zero-order valence-electron chi connectivity index (χ0n) is 6.93. The maximum absolute atomic E-state index is 9.45. The summed E-state index contributed by atoms with van der Waals surface area (Å²) < 4.78 is 0. The van der Waals surface area contributed by atoms with Crippen molar-refractivity contribution in [3.05, 3.63) is 0 Å². The first-order valence-corrected chi connectivity index (χ1v) is 4.46. The molecule has 0 unspecified atom stereocenters. The van der Waals surface area contributed by atoms with Gasteiger partial charge in [-0.05, 0) is 12.8 Å². The lowest BCUT2D eigenvalue weighted by atomic mass is 10.1. The Morgan fingerprint density at radius 1 is 1.25 bits per heavy atom. The number of aliphatic hydroxyl groups is 3. The second kappa shape index (κ2) is 2.96. The molecule has 1 aliphatic heterocycles. The minimum Gasteiger partial charge on any atom is -0.395 e. The molecule has 0 aromatic heterocycles. The number of likely N-dealkylation sites (tertiary alicyclic amines) is 1. The Bertz CT molecular complexity index is 172. The molecule has 0 amide bonds. The van der Waals surface area contributed by atoms with E-state index in [1.54, 1.807) is 0 Å². The molecule has 12 heavy (non-hydrogen) atoms. The average Bonchev–Trinajstić information content (AvgIpc) is 2.82. The predicted octanol–water partition coefficient (Wildman–Crippen LogP) is -1.45. The van der Waals surface area contributed by atoms with Crippen LogP contribution in [0.25, 0.3) is 0 Å². The molecule has 1 aliphatic carbocycles. The summed E-state index contributed by atoms with van der Waals surface area (Å²) in [6.07, 6.45) is 0.824. The van der Waals surface area contributed by atoms with E-state index in [-0.39, 0.29) is 12.6 Å². The van der Waals surface area contributed by atoms with E-state index in [2.05, 4.69) is 0 Å². The van der Waals surface area contributed by atoms with Crippen LogP contribution in [0.2, 0.25) is 0 Å². The van der Waals surface area contributed by atoms with Crippen molar-refractivity contribution >= 4 is 0 Å². The van der Waals surface area contributed by atoms with Gasteiger partial charge in [0.25, 0.3) is 0 Å². The van der Waals surface area contributed by atoms with Crippen molar-refractivity contribution in [1.82, 2.24) is 4.90 Å². The van der Waals surface area contributed by atoms with Crippen molar-refractivity contribution in [3.8, 4) is 0 Å². The number of β-amino-alcohol motifs (C(OH)–C–C–N with tert-alkyl or cyclic N) is 1. The third-order valence-corrected chi connectivity index (χ3v) is 2.82. The largest absolute Gasteiger partial charge is 0.395 e. The minimum atomic E-state index is -0.768. The fourth-order valence-corrected chi connectivity index (χ4v) is 1.95. The molecule has 2 aliphatic rings. The van der Waals surface area contributed by atoms with Crippen molar-refractivity contribution in [3.63, 3.8) is 0 Å². The van der Waals surface area contributed by atoms with Crippen LogP contribution in [-0.4, -0.2) is 57.7 Å². The van der Waals surface area contributed by atoms with Gasteiger partial charge < -0.3 is 15.3 Å². The summed E-state index contributed by atoms with van der Waals surface area (Å²) in [6.45, 7) is 0.450. The molecule has 2 rings (SSSR count). The van der Waals surface area contributed by atoms with Gasteiger partial charge in [0.15, 0.2) is 0 Å². The summed E-state index contributed by atoms with van der Waals surface area (Å²) in [6, 6.07) is 0.251. The Hall–Kier alpha value is -0.160. The third kappa shape index (κ3) is 1.25. The molecule has 3 atom stereocenters. The number of nitrogens with zero attached hydrogens (tertiary/aromatic N) is 1. The molecule has 4 heteroatoms. The van der Waals surface area contributed by atoms with Crippen LogP contribution in [0.1, 0.15) is 12.8 Å². The molecule has 4 nitrogen and oxygen atoms in total. The average molecular weight is 173 g/mol. The van der Waals surface area contributed by atoms with Crippen LogP contribution in [0.15, 0.2) is 0 Å². The first-order valence-electron chi connectivity index (χ1n) is 4.46. The Labute approximate surface area is 71.4 Å². The Morgan fingerprint density at radius 2 is 1.92 bits per heavy atom. The van der Waals surface area contributed by atoms with E-state index in [9.17, 15) is 10.2 Å². The van der Waals surface area contributed by atoms with E-state index < -0.39 is 12.2 Å².